The molecule has 0 aromatic rings. The van der Waals surface area contributed by atoms with Gasteiger partial charge in [-0.25, -0.2) is 14.4 Å². The van der Waals surface area contributed by atoms with Crippen LogP contribution in [0.3, 0.4) is 0 Å². The number of rotatable bonds is 6. The number of carbonyl (C=O) groups is 3. The minimum atomic E-state index is -0.660. The third kappa shape index (κ3) is 7.66. The topological polar surface area (TPSA) is 93.7 Å². The van der Waals surface area contributed by atoms with Crippen molar-refractivity contribution in [3.8, 4) is 0 Å². The van der Waals surface area contributed by atoms with E-state index in [-0.39, 0.29) is 24.7 Å². The largest absolute Gasteiger partial charge is 0.466 e. The first-order valence-corrected chi connectivity index (χ1v) is 7.51. The van der Waals surface area contributed by atoms with Gasteiger partial charge in [-0.2, -0.15) is 0 Å². The highest BCUT2D eigenvalue weighted by molar-refractivity contribution is 5.91. The molecule has 0 aromatic heterocycles. The Morgan fingerprint density at radius 3 is 2.41 bits per heavy atom. The summed E-state index contributed by atoms with van der Waals surface area (Å²) in [6.45, 7) is 1.76. The molecule has 124 valence electrons. The summed E-state index contributed by atoms with van der Waals surface area (Å²) < 4.78 is 9.27. The molecule has 0 bridgehead atoms. The number of esters is 2. The Balaban J connectivity index is 2.20. The first-order chi connectivity index (χ1) is 10.5. The minimum absolute atomic E-state index is 0.0302. The van der Waals surface area contributed by atoms with Crippen molar-refractivity contribution in [3.05, 3.63) is 12.2 Å². The Labute approximate surface area is 130 Å². The number of hydrogen-bond acceptors (Lipinski definition) is 5. The summed E-state index contributed by atoms with van der Waals surface area (Å²) in [4.78, 5) is 33.9. The molecular formula is C15H24N2O5. The van der Waals surface area contributed by atoms with E-state index in [0.717, 1.165) is 37.8 Å². The van der Waals surface area contributed by atoms with Gasteiger partial charge in [0.15, 0.2) is 0 Å². The molecule has 0 heterocycles. The molecule has 2 amide bonds. The maximum absolute atomic E-state index is 11.8. The van der Waals surface area contributed by atoms with Crippen LogP contribution in [0, 0.1) is 0 Å². The zero-order valence-electron chi connectivity index (χ0n) is 13.1. The van der Waals surface area contributed by atoms with E-state index in [9.17, 15) is 14.4 Å². The summed E-state index contributed by atoms with van der Waals surface area (Å²) in [5, 5.41) is 5.63. The molecule has 1 atom stereocenters. The van der Waals surface area contributed by atoms with Crippen molar-refractivity contribution < 1.29 is 23.9 Å². The van der Waals surface area contributed by atoms with Crippen molar-refractivity contribution in [2.75, 3.05) is 13.7 Å². The third-order valence-electron chi connectivity index (χ3n) is 3.35. The lowest BCUT2D eigenvalue weighted by atomic mass is 9.96. The predicted molar refractivity (Wildman–Crippen MR) is 80.1 cm³/mol. The van der Waals surface area contributed by atoms with E-state index in [1.54, 1.807) is 6.92 Å². The summed E-state index contributed by atoms with van der Waals surface area (Å²) >= 11 is 0. The highest BCUT2D eigenvalue weighted by Gasteiger charge is 2.16. The third-order valence-corrected chi connectivity index (χ3v) is 3.35. The zero-order valence-corrected chi connectivity index (χ0v) is 13.1. The Morgan fingerprint density at radius 1 is 1.14 bits per heavy atom. The number of methoxy groups -OCH3 is 1. The molecule has 0 unspecified atom stereocenters. The van der Waals surface area contributed by atoms with Crippen LogP contribution in [0.4, 0.5) is 4.79 Å². The quantitative estimate of drug-likeness (QED) is 0.569. The average Bonchev–Trinajstić information content (AvgIpc) is 2.51. The summed E-state index contributed by atoms with van der Waals surface area (Å²) in [5.41, 5.74) is 0. The lowest BCUT2D eigenvalue weighted by Crippen LogP contribution is -2.47. The van der Waals surface area contributed by atoms with E-state index in [2.05, 4.69) is 15.4 Å². The molecule has 0 radical (unpaired) electrons. The molecule has 0 aliphatic heterocycles. The van der Waals surface area contributed by atoms with Crippen LogP contribution >= 0.6 is 0 Å². The molecule has 7 heteroatoms. The van der Waals surface area contributed by atoms with Crippen LogP contribution in [0.15, 0.2) is 12.2 Å². The molecule has 1 aliphatic rings. The van der Waals surface area contributed by atoms with Gasteiger partial charge in [0.1, 0.15) is 6.61 Å². The van der Waals surface area contributed by atoms with Gasteiger partial charge in [0, 0.05) is 18.2 Å². The van der Waals surface area contributed by atoms with Crippen LogP contribution < -0.4 is 10.6 Å². The van der Waals surface area contributed by atoms with Crippen LogP contribution in [0.5, 0.6) is 0 Å². The minimum Gasteiger partial charge on any atom is -0.466 e. The lowest BCUT2D eigenvalue weighted by Gasteiger charge is -2.24. The van der Waals surface area contributed by atoms with Crippen LogP contribution in [0.2, 0.25) is 0 Å². The molecule has 0 spiro atoms. The molecule has 0 aromatic carbocycles. The van der Waals surface area contributed by atoms with Crippen molar-refractivity contribution in [1.82, 2.24) is 10.6 Å². The first kappa shape index (κ1) is 18.0. The fourth-order valence-electron chi connectivity index (χ4n) is 2.20. The second-order valence-electron chi connectivity index (χ2n) is 5.34. The lowest BCUT2D eigenvalue weighted by molar-refractivity contribution is -0.139. The fraction of sp³-hybridized carbons (Fsp3) is 0.667. The Hall–Kier alpha value is -2.05. The standard InChI is InChI=1S/C15H24N2O5/c1-11(10-22-14(19)9-8-13(18)21-2)16-15(20)17-12-6-4-3-5-7-12/h8-9,11-12H,3-7,10H2,1-2H3,(H2,16,17,20)/b9-8+/t11-/m0/s1. The van der Waals surface area contributed by atoms with Crippen molar-refractivity contribution >= 4 is 18.0 Å². The van der Waals surface area contributed by atoms with Gasteiger partial charge < -0.3 is 20.1 Å². The molecule has 7 nitrogen and oxygen atoms in total. The SMILES string of the molecule is COC(=O)/C=C/C(=O)OC[C@H](C)NC(=O)NC1CCCCC1. The van der Waals surface area contributed by atoms with E-state index >= 15 is 0 Å². The number of urea groups is 1. The highest BCUT2D eigenvalue weighted by Crippen LogP contribution is 2.17. The normalized spacial score (nSPS) is 16.8. The summed E-state index contributed by atoms with van der Waals surface area (Å²) in [6.07, 6.45) is 7.50. The van der Waals surface area contributed by atoms with Gasteiger partial charge in [0.2, 0.25) is 0 Å². The molecule has 2 N–H and O–H groups in total. The maximum atomic E-state index is 11.8. The number of nitrogens with one attached hydrogen (secondary N) is 2. The van der Waals surface area contributed by atoms with E-state index in [0.29, 0.717) is 0 Å². The monoisotopic (exact) mass is 312 g/mol. The van der Waals surface area contributed by atoms with E-state index in [1.807, 2.05) is 0 Å². The van der Waals surface area contributed by atoms with E-state index in [4.69, 9.17) is 4.74 Å². The van der Waals surface area contributed by atoms with Gasteiger partial charge in [-0.1, -0.05) is 19.3 Å². The number of amides is 2. The molecule has 1 fully saturated rings. The maximum Gasteiger partial charge on any atom is 0.331 e. The van der Waals surface area contributed by atoms with Crippen LogP contribution in [-0.4, -0.2) is 43.8 Å². The number of hydrogen-bond donors (Lipinski definition) is 2. The molecule has 1 saturated carbocycles. The van der Waals surface area contributed by atoms with Gasteiger partial charge in [-0.3, -0.25) is 0 Å². The van der Waals surface area contributed by atoms with Gasteiger partial charge in [-0.05, 0) is 19.8 Å². The second kappa shape index (κ2) is 9.81. The smallest absolute Gasteiger partial charge is 0.331 e. The summed E-state index contributed by atoms with van der Waals surface area (Å²) in [6, 6.07) is -0.342. The van der Waals surface area contributed by atoms with Gasteiger partial charge >= 0.3 is 18.0 Å². The van der Waals surface area contributed by atoms with Crippen LogP contribution in [-0.2, 0) is 19.1 Å². The van der Waals surface area contributed by atoms with Crippen molar-refractivity contribution in [3.63, 3.8) is 0 Å². The van der Waals surface area contributed by atoms with Gasteiger partial charge in [-0.15, -0.1) is 0 Å². The van der Waals surface area contributed by atoms with E-state index in [1.165, 1.54) is 13.5 Å². The van der Waals surface area contributed by atoms with Gasteiger partial charge in [0.25, 0.3) is 0 Å². The summed E-state index contributed by atoms with van der Waals surface area (Å²) in [5.74, 6) is -1.29. The van der Waals surface area contributed by atoms with Crippen molar-refractivity contribution in [2.45, 2.75) is 51.1 Å². The predicted octanol–water partition coefficient (Wildman–Crippen LogP) is 1.28. The first-order valence-electron chi connectivity index (χ1n) is 7.51. The molecule has 22 heavy (non-hydrogen) atoms. The van der Waals surface area contributed by atoms with Crippen LogP contribution in [0.25, 0.3) is 0 Å². The Bertz CT molecular complexity index is 416. The summed E-state index contributed by atoms with van der Waals surface area (Å²) in [7, 11) is 1.22. The number of ether oxygens (including phenoxy) is 2. The molecule has 1 aliphatic carbocycles. The number of carbonyl (C=O) groups excluding carboxylic acids is 3. The fourth-order valence-corrected chi connectivity index (χ4v) is 2.20. The highest BCUT2D eigenvalue weighted by atomic mass is 16.5. The van der Waals surface area contributed by atoms with Crippen molar-refractivity contribution in [1.29, 1.82) is 0 Å². The molecular weight excluding hydrogens is 288 g/mol. The molecule has 0 saturated heterocycles. The second-order valence-corrected chi connectivity index (χ2v) is 5.34. The van der Waals surface area contributed by atoms with Crippen LogP contribution in [0.1, 0.15) is 39.0 Å². The Morgan fingerprint density at radius 2 is 1.77 bits per heavy atom. The van der Waals surface area contributed by atoms with Crippen molar-refractivity contribution in [2.24, 2.45) is 0 Å². The Kier molecular flexibility index (Phi) is 8.03. The zero-order chi connectivity index (χ0) is 16.4. The van der Waals surface area contributed by atoms with Gasteiger partial charge in [0.05, 0.1) is 13.2 Å². The van der Waals surface area contributed by atoms with E-state index < -0.39 is 11.9 Å². The molecule has 1 rings (SSSR count). The average molecular weight is 312 g/mol.